The molecule has 0 fully saturated rings. The fraction of sp³-hybridized carbons (Fsp3) is 0.500. The van der Waals surface area contributed by atoms with Crippen LogP contribution in [0.4, 0.5) is 10.5 Å². The van der Waals surface area contributed by atoms with E-state index in [1.807, 2.05) is 0 Å². The zero-order valence-corrected chi connectivity index (χ0v) is 16.8. The lowest BCUT2D eigenvalue weighted by atomic mass is 10.1. The number of hydrogen-bond donors (Lipinski definition) is 4. The molecule has 29 heavy (non-hydrogen) atoms. The van der Waals surface area contributed by atoms with E-state index < -0.39 is 15.9 Å². The summed E-state index contributed by atoms with van der Waals surface area (Å²) < 4.78 is 22.0. The van der Waals surface area contributed by atoms with Crippen LogP contribution in [0, 0.1) is 0 Å². The van der Waals surface area contributed by atoms with Gasteiger partial charge in [0, 0.05) is 17.6 Å². The lowest BCUT2D eigenvalue weighted by Gasteiger charge is -2.20. The van der Waals surface area contributed by atoms with E-state index in [9.17, 15) is 9.00 Å². The maximum Gasteiger partial charge on any atom is 0.354 e. The van der Waals surface area contributed by atoms with Crippen molar-refractivity contribution in [3.8, 4) is 0 Å². The SMILES string of the molecule is N/C=C(\C1=NCC(N)CO1)S(N)(=O)=NC(=O)Nc1c2c(nc3c1CCC3)CCC2. The van der Waals surface area contributed by atoms with Gasteiger partial charge in [-0.1, -0.05) is 0 Å². The number of nitrogens with one attached hydrogen (secondary N) is 1. The van der Waals surface area contributed by atoms with E-state index in [4.69, 9.17) is 26.3 Å². The van der Waals surface area contributed by atoms with Gasteiger partial charge in [0.15, 0.2) is 9.92 Å². The zero-order chi connectivity index (χ0) is 20.6. The Kier molecular flexibility index (Phi) is 5.28. The van der Waals surface area contributed by atoms with Crippen LogP contribution < -0.4 is 21.9 Å². The van der Waals surface area contributed by atoms with Gasteiger partial charge in [0.25, 0.3) is 0 Å². The Morgan fingerprint density at radius 3 is 2.41 bits per heavy atom. The van der Waals surface area contributed by atoms with Crippen molar-refractivity contribution in [2.24, 2.45) is 26.0 Å². The first-order valence-electron chi connectivity index (χ1n) is 9.63. The Bertz CT molecular complexity index is 1010. The number of fused-ring (bicyclic) bond motifs is 2. The predicted octanol–water partition coefficient (Wildman–Crippen LogP) is 0.489. The van der Waals surface area contributed by atoms with Gasteiger partial charge in [-0.25, -0.2) is 19.1 Å². The summed E-state index contributed by atoms with van der Waals surface area (Å²) in [6.45, 7) is 0.469. The third-order valence-electron chi connectivity index (χ3n) is 5.28. The third-order valence-corrected chi connectivity index (χ3v) is 6.66. The molecule has 2 atom stereocenters. The predicted molar refractivity (Wildman–Crippen MR) is 111 cm³/mol. The van der Waals surface area contributed by atoms with E-state index in [1.165, 1.54) is 0 Å². The van der Waals surface area contributed by atoms with Crippen molar-refractivity contribution in [2.75, 3.05) is 18.5 Å². The fourth-order valence-corrected chi connectivity index (χ4v) is 4.93. The highest BCUT2D eigenvalue weighted by atomic mass is 32.2. The Morgan fingerprint density at radius 1 is 1.21 bits per heavy atom. The molecule has 1 aliphatic heterocycles. The first-order valence-corrected chi connectivity index (χ1v) is 11.2. The Hall–Kier alpha value is -2.50. The molecule has 0 bridgehead atoms. The molecule has 0 saturated heterocycles. The van der Waals surface area contributed by atoms with Crippen molar-refractivity contribution in [1.82, 2.24) is 4.98 Å². The van der Waals surface area contributed by atoms with Crippen molar-refractivity contribution in [3.63, 3.8) is 0 Å². The maximum atomic E-state index is 13.0. The molecule has 3 aliphatic rings. The third kappa shape index (κ3) is 3.85. The van der Waals surface area contributed by atoms with Gasteiger partial charge in [-0.2, -0.15) is 0 Å². The topological polar surface area (TPSA) is 171 Å². The van der Waals surface area contributed by atoms with Gasteiger partial charge < -0.3 is 21.5 Å². The highest BCUT2D eigenvalue weighted by molar-refractivity contribution is 7.96. The largest absolute Gasteiger partial charge is 0.475 e. The van der Waals surface area contributed by atoms with Gasteiger partial charge >= 0.3 is 6.03 Å². The Labute approximate surface area is 169 Å². The quantitative estimate of drug-likeness (QED) is 0.555. The minimum Gasteiger partial charge on any atom is -0.475 e. The molecule has 4 rings (SSSR count). The first kappa shape index (κ1) is 19.8. The van der Waals surface area contributed by atoms with E-state index in [2.05, 4.69) is 14.7 Å². The number of ether oxygens (including phenoxy) is 1. The Morgan fingerprint density at radius 2 is 1.86 bits per heavy atom. The molecule has 2 unspecified atom stereocenters. The number of amides is 2. The number of anilines is 1. The van der Waals surface area contributed by atoms with E-state index in [-0.39, 0.29) is 30.0 Å². The van der Waals surface area contributed by atoms with Crippen LogP contribution in [0.2, 0.25) is 0 Å². The second-order valence-electron chi connectivity index (χ2n) is 7.38. The van der Waals surface area contributed by atoms with Gasteiger partial charge in [0.1, 0.15) is 11.5 Å². The molecule has 11 heteroatoms. The average molecular weight is 420 g/mol. The summed E-state index contributed by atoms with van der Waals surface area (Å²) >= 11 is 0. The highest BCUT2D eigenvalue weighted by Crippen LogP contribution is 2.36. The molecule has 0 radical (unpaired) electrons. The minimum absolute atomic E-state index is 0.00365. The Balaban J connectivity index is 1.63. The summed E-state index contributed by atoms with van der Waals surface area (Å²) in [5, 5.41) is 8.68. The van der Waals surface area contributed by atoms with Crippen molar-refractivity contribution < 1.29 is 13.7 Å². The highest BCUT2D eigenvalue weighted by Gasteiger charge is 2.28. The number of urea groups is 1. The van der Waals surface area contributed by atoms with Crippen LogP contribution in [0.5, 0.6) is 0 Å². The second kappa shape index (κ2) is 7.73. The number of aliphatic imine (C=N–C) groups is 1. The molecule has 156 valence electrons. The number of carbonyl (C=O) groups excluding carboxylic acids is 1. The number of rotatable bonds is 3. The molecule has 0 aromatic carbocycles. The van der Waals surface area contributed by atoms with Gasteiger partial charge in [-0.3, -0.25) is 4.98 Å². The van der Waals surface area contributed by atoms with E-state index >= 15 is 0 Å². The summed E-state index contributed by atoms with van der Waals surface area (Å²) in [6.07, 6.45) is 6.50. The summed E-state index contributed by atoms with van der Waals surface area (Å²) in [7, 11) is -3.65. The van der Waals surface area contributed by atoms with Crippen LogP contribution in [-0.2, 0) is 40.3 Å². The molecule has 7 N–H and O–H groups in total. The van der Waals surface area contributed by atoms with Crippen molar-refractivity contribution >= 4 is 27.5 Å². The maximum absolute atomic E-state index is 13.0. The monoisotopic (exact) mass is 419 g/mol. The molecule has 0 saturated carbocycles. The molecule has 2 aliphatic carbocycles. The number of aryl methyl sites for hydroxylation is 2. The molecular formula is C18H25N7O3S. The number of carbonyl (C=O) groups is 1. The lowest BCUT2D eigenvalue weighted by molar-refractivity contribution is 0.259. The smallest absolute Gasteiger partial charge is 0.354 e. The van der Waals surface area contributed by atoms with E-state index in [0.717, 1.165) is 72.9 Å². The zero-order valence-electron chi connectivity index (χ0n) is 16.0. The molecule has 0 spiro atoms. The number of nitrogens with two attached hydrogens (primary N) is 3. The van der Waals surface area contributed by atoms with Crippen LogP contribution >= 0.6 is 0 Å². The van der Waals surface area contributed by atoms with Gasteiger partial charge in [0.05, 0.1) is 18.3 Å². The lowest BCUT2D eigenvalue weighted by Crippen LogP contribution is -2.37. The van der Waals surface area contributed by atoms with Crippen LogP contribution in [0.3, 0.4) is 0 Å². The second-order valence-corrected chi connectivity index (χ2v) is 9.14. The van der Waals surface area contributed by atoms with Crippen molar-refractivity contribution in [3.05, 3.63) is 33.6 Å². The normalized spacial score (nSPS) is 22.8. The summed E-state index contributed by atoms with van der Waals surface area (Å²) in [5.74, 6) is 0.00365. The average Bonchev–Trinajstić information content (AvgIpc) is 3.32. The number of pyridine rings is 1. The molecule has 1 aromatic rings. The summed E-state index contributed by atoms with van der Waals surface area (Å²) in [4.78, 5) is 21.4. The number of hydrogen-bond acceptors (Lipinski definition) is 7. The van der Waals surface area contributed by atoms with Crippen LogP contribution in [0.25, 0.3) is 0 Å². The molecule has 10 nitrogen and oxygen atoms in total. The van der Waals surface area contributed by atoms with Crippen LogP contribution in [0.1, 0.15) is 35.4 Å². The molecular weight excluding hydrogens is 394 g/mol. The van der Waals surface area contributed by atoms with E-state index in [1.54, 1.807) is 0 Å². The standard InChI is InChI=1S/C18H25N7O3S/c19-7-15(17-22-8-10(20)9-28-17)29(21,27)25-18(26)24-16-11-3-1-5-13(11)23-14-6-2-4-12(14)16/h7,10H,1-6,8-9,19-20H2,(H3,21,23,24,25,26,27)/b15-7+. The van der Waals surface area contributed by atoms with Gasteiger partial charge in [-0.05, 0) is 49.7 Å². The van der Waals surface area contributed by atoms with Crippen LogP contribution in [-0.4, -0.2) is 40.3 Å². The van der Waals surface area contributed by atoms with E-state index in [0.29, 0.717) is 0 Å². The van der Waals surface area contributed by atoms with Crippen molar-refractivity contribution in [1.29, 1.82) is 0 Å². The fourth-order valence-electron chi connectivity index (χ4n) is 3.97. The summed E-state index contributed by atoms with van der Waals surface area (Å²) in [5.41, 5.74) is 16.2. The van der Waals surface area contributed by atoms with Gasteiger partial charge in [0.2, 0.25) is 5.90 Å². The van der Waals surface area contributed by atoms with Gasteiger partial charge in [-0.15, -0.1) is 4.36 Å². The number of aromatic nitrogens is 1. The summed E-state index contributed by atoms with van der Waals surface area (Å²) in [6, 6.07) is -1.05. The molecule has 1 aromatic heterocycles. The first-order chi connectivity index (χ1) is 13.9. The molecule has 2 heterocycles. The van der Waals surface area contributed by atoms with Crippen molar-refractivity contribution in [2.45, 2.75) is 44.6 Å². The number of nitrogens with zero attached hydrogens (tertiary/aromatic N) is 3. The minimum atomic E-state index is -3.65. The van der Waals surface area contributed by atoms with Crippen LogP contribution in [0.15, 0.2) is 20.5 Å². The molecule has 2 amide bonds.